The Kier molecular flexibility index (Phi) is 6.14. The lowest BCUT2D eigenvalue weighted by Crippen LogP contribution is -2.39. The van der Waals surface area contributed by atoms with Gasteiger partial charge in [0.25, 0.3) is 5.56 Å². The average molecular weight is 466 g/mol. The summed E-state index contributed by atoms with van der Waals surface area (Å²) >= 11 is 12.1. The van der Waals surface area contributed by atoms with Crippen molar-refractivity contribution < 1.29 is 5.11 Å². The van der Waals surface area contributed by atoms with Gasteiger partial charge in [0.1, 0.15) is 0 Å². The molecule has 1 aliphatic rings. The Hall–Kier alpha value is -2.29. The first-order valence-corrected chi connectivity index (χ1v) is 11.0. The molecule has 2 N–H and O–H groups in total. The van der Waals surface area contributed by atoms with Crippen molar-refractivity contribution in [1.29, 1.82) is 0 Å². The van der Waals surface area contributed by atoms with E-state index in [4.69, 9.17) is 23.2 Å². The van der Waals surface area contributed by atoms with Crippen LogP contribution in [0.3, 0.4) is 0 Å². The summed E-state index contributed by atoms with van der Waals surface area (Å²) in [6, 6.07) is 5.19. The highest BCUT2D eigenvalue weighted by atomic mass is 35.5. The van der Waals surface area contributed by atoms with Crippen molar-refractivity contribution in [1.82, 2.24) is 18.7 Å². The number of aromatic nitrogens is 4. The van der Waals surface area contributed by atoms with E-state index < -0.39 is 11.2 Å². The summed E-state index contributed by atoms with van der Waals surface area (Å²) in [7, 11) is 3.37. The first-order valence-electron chi connectivity index (χ1n) is 10.3. The number of anilines is 1. The minimum atomic E-state index is -0.453. The van der Waals surface area contributed by atoms with Crippen LogP contribution in [0.25, 0.3) is 11.2 Å². The van der Waals surface area contributed by atoms with Crippen LogP contribution in [0.2, 0.25) is 10.0 Å². The van der Waals surface area contributed by atoms with Crippen molar-refractivity contribution >= 4 is 40.3 Å². The van der Waals surface area contributed by atoms with Crippen LogP contribution < -0.4 is 16.6 Å². The summed E-state index contributed by atoms with van der Waals surface area (Å²) in [4.78, 5) is 30.7. The molecular formula is C21H25Cl2N5O3. The van der Waals surface area contributed by atoms with E-state index in [0.29, 0.717) is 32.7 Å². The Balaban J connectivity index is 1.73. The third-order valence-electron chi connectivity index (χ3n) is 6.06. The van der Waals surface area contributed by atoms with E-state index in [0.717, 1.165) is 25.7 Å². The average Bonchev–Trinajstić information content (AvgIpc) is 3.08. The molecule has 2 aromatic heterocycles. The normalized spacial score (nSPS) is 19.1. The van der Waals surface area contributed by atoms with Gasteiger partial charge in [-0.15, -0.1) is 0 Å². The molecule has 0 spiro atoms. The molecule has 0 bridgehead atoms. The highest BCUT2D eigenvalue weighted by Crippen LogP contribution is 2.27. The van der Waals surface area contributed by atoms with Gasteiger partial charge in [-0.1, -0.05) is 35.7 Å². The zero-order valence-corrected chi connectivity index (χ0v) is 18.9. The third-order valence-corrected chi connectivity index (χ3v) is 6.80. The molecular weight excluding hydrogens is 441 g/mol. The lowest BCUT2D eigenvalue weighted by Gasteiger charge is -2.28. The van der Waals surface area contributed by atoms with Crippen LogP contribution in [0, 0.1) is 5.92 Å². The SMILES string of the molecule is Cn1c(N[C@H]2CCC[C@H](CO)C2)nc2c1c(=O)n(Cc1ccc(Cl)c(Cl)c1)c(=O)n2C. The van der Waals surface area contributed by atoms with E-state index >= 15 is 0 Å². The molecule has 4 rings (SSSR count). The Morgan fingerprint density at radius 3 is 2.65 bits per heavy atom. The van der Waals surface area contributed by atoms with Gasteiger partial charge in [-0.3, -0.25) is 13.9 Å². The fourth-order valence-corrected chi connectivity index (χ4v) is 4.62. The minimum absolute atomic E-state index is 0.0765. The highest BCUT2D eigenvalue weighted by Gasteiger charge is 2.24. The largest absolute Gasteiger partial charge is 0.396 e. The summed E-state index contributed by atoms with van der Waals surface area (Å²) in [5, 5.41) is 13.7. The van der Waals surface area contributed by atoms with Crippen molar-refractivity contribution in [2.45, 2.75) is 38.3 Å². The topological polar surface area (TPSA) is 94.1 Å². The van der Waals surface area contributed by atoms with Gasteiger partial charge < -0.3 is 15.0 Å². The first-order chi connectivity index (χ1) is 14.8. The van der Waals surface area contributed by atoms with Gasteiger partial charge in [0.15, 0.2) is 11.2 Å². The van der Waals surface area contributed by atoms with Crippen LogP contribution in [0.5, 0.6) is 0 Å². The number of aliphatic hydroxyl groups is 1. The summed E-state index contributed by atoms with van der Waals surface area (Å²) < 4.78 is 4.26. The Morgan fingerprint density at radius 1 is 1.16 bits per heavy atom. The molecule has 8 nitrogen and oxygen atoms in total. The zero-order valence-electron chi connectivity index (χ0n) is 17.4. The number of imidazole rings is 1. The number of hydrogen-bond acceptors (Lipinski definition) is 5. The van der Waals surface area contributed by atoms with E-state index in [2.05, 4.69) is 10.3 Å². The van der Waals surface area contributed by atoms with E-state index in [1.807, 2.05) is 0 Å². The van der Waals surface area contributed by atoms with Crippen molar-refractivity contribution in [2.75, 3.05) is 11.9 Å². The van der Waals surface area contributed by atoms with Crippen LogP contribution in [0.15, 0.2) is 27.8 Å². The van der Waals surface area contributed by atoms with Crippen molar-refractivity contribution in [3.05, 3.63) is 54.6 Å². The number of fused-ring (bicyclic) bond motifs is 1. The zero-order chi connectivity index (χ0) is 22.3. The molecule has 1 saturated carbocycles. The van der Waals surface area contributed by atoms with Gasteiger partial charge in [0.2, 0.25) is 5.95 Å². The molecule has 1 aliphatic carbocycles. The quantitative estimate of drug-likeness (QED) is 0.603. The first kappa shape index (κ1) is 21.9. The van der Waals surface area contributed by atoms with E-state index in [9.17, 15) is 14.7 Å². The molecule has 3 aromatic rings. The minimum Gasteiger partial charge on any atom is -0.396 e. The van der Waals surface area contributed by atoms with E-state index in [-0.39, 0.29) is 25.1 Å². The number of benzene rings is 1. The Labute approximate surface area is 189 Å². The molecule has 0 unspecified atom stereocenters. The summed E-state index contributed by atoms with van der Waals surface area (Å²) in [5.41, 5.74) is 0.514. The Morgan fingerprint density at radius 2 is 1.94 bits per heavy atom. The second-order valence-corrected chi connectivity index (χ2v) is 9.02. The van der Waals surface area contributed by atoms with E-state index in [1.165, 1.54) is 9.13 Å². The molecule has 0 radical (unpaired) electrons. The molecule has 1 fully saturated rings. The van der Waals surface area contributed by atoms with Gasteiger partial charge in [-0.25, -0.2) is 4.79 Å². The lowest BCUT2D eigenvalue weighted by molar-refractivity contribution is 0.184. The number of hydrogen-bond donors (Lipinski definition) is 2. The van der Waals surface area contributed by atoms with Crippen LogP contribution in [0.1, 0.15) is 31.2 Å². The van der Waals surface area contributed by atoms with Gasteiger partial charge in [0, 0.05) is 26.7 Å². The molecule has 0 saturated heterocycles. The van der Waals surface area contributed by atoms with Crippen molar-refractivity contribution in [2.24, 2.45) is 20.0 Å². The lowest BCUT2D eigenvalue weighted by atomic mass is 9.86. The highest BCUT2D eigenvalue weighted by molar-refractivity contribution is 6.42. The number of nitrogens with zero attached hydrogens (tertiary/aromatic N) is 4. The Bertz CT molecular complexity index is 1250. The number of halogens is 2. The second-order valence-electron chi connectivity index (χ2n) is 8.20. The summed E-state index contributed by atoms with van der Waals surface area (Å²) in [5.74, 6) is 0.812. The molecule has 31 heavy (non-hydrogen) atoms. The predicted molar refractivity (Wildman–Crippen MR) is 122 cm³/mol. The number of aliphatic hydroxyl groups excluding tert-OH is 1. The molecule has 0 aliphatic heterocycles. The van der Waals surface area contributed by atoms with Gasteiger partial charge in [-0.2, -0.15) is 4.98 Å². The fraction of sp³-hybridized carbons (Fsp3) is 0.476. The maximum Gasteiger partial charge on any atom is 0.332 e. The molecule has 0 amide bonds. The monoisotopic (exact) mass is 465 g/mol. The van der Waals surface area contributed by atoms with Crippen LogP contribution in [-0.4, -0.2) is 36.4 Å². The summed E-state index contributed by atoms with van der Waals surface area (Å²) in [6.07, 6.45) is 3.87. The maximum atomic E-state index is 13.3. The fourth-order valence-electron chi connectivity index (χ4n) is 4.30. The number of aryl methyl sites for hydroxylation is 2. The van der Waals surface area contributed by atoms with Gasteiger partial charge in [-0.05, 0) is 42.9 Å². The molecule has 1 aromatic carbocycles. The third kappa shape index (κ3) is 4.12. The summed E-state index contributed by atoms with van der Waals surface area (Å²) in [6.45, 7) is 0.252. The van der Waals surface area contributed by atoms with Crippen molar-refractivity contribution in [3.8, 4) is 0 Å². The standard InChI is InChI=1S/C21H25Cl2N5O3/c1-26-17-18(25-20(26)24-14-5-3-4-13(8-14)11-29)27(2)21(31)28(19(17)30)10-12-6-7-15(22)16(23)9-12/h6-7,9,13-14,29H,3-5,8,10-11H2,1-2H3,(H,24,25)/t13-,14-/m0/s1. The second kappa shape index (κ2) is 8.68. The van der Waals surface area contributed by atoms with E-state index in [1.54, 1.807) is 36.9 Å². The van der Waals surface area contributed by atoms with Gasteiger partial charge >= 0.3 is 5.69 Å². The van der Waals surface area contributed by atoms with Crippen LogP contribution in [-0.2, 0) is 20.6 Å². The smallest absolute Gasteiger partial charge is 0.332 e. The number of nitrogens with one attached hydrogen (secondary N) is 1. The maximum absolute atomic E-state index is 13.3. The predicted octanol–water partition coefficient (Wildman–Crippen LogP) is 2.75. The van der Waals surface area contributed by atoms with Crippen molar-refractivity contribution in [3.63, 3.8) is 0 Å². The molecule has 166 valence electrons. The van der Waals surface area contributed by atoms with Gasteiger partial charge in [0.05, 0.1) is 16.6 Å². The molecule has 10 heteroatoms. The molecule has 2 heterocycles. The number of rotatable bonds is 5. The van der Waals surface area contributed by atoms with Crippen LogP contribution >= 0.6 is 23.2 Å². The van der Waals surface area contributed by atoms with Crippen LogP contribution in [0.4, 0.5) is 5.95 Å². The molecule has 2 atom stereocenters.